The third-order valence-electron chi connectivity index (χ3n) is 2.96. The summed E-state index contributed by atoms with van der Waals surface area (Å²) >= 11 is 0. The van der Waals surface area contributed by atoms with Crippen LogP contribution >= 0.6 is 0 Å². The third kappa shape index (κ3) is 2.78. The van der Waals surface area contributed by atoms with Crippen molar-refractivity contribution in [3.05, 3.63) is 41.8 Å². The number of nitrogens with one attached hydrogen (secondary N) is 2. The highest BCUT2D eigenvalue weighted by atomic mass is 15.1. The summed E-state index contributed by atoms with van der Waals surface area (Å²) in [7, 11) is 0. The third-order valence-corrected chi connectivity index (χ3v) is 2.96. The number of aromatic nitrogens is 4. The molecule has 2 heterocycles. The summed E-state index contributed by atoms with van der Waals surface area (Å²) in [6, 6.07) is 0. The second kappa shape index (κ2) is 5.60. The van der Waals surface area contributed by atoms with Crippen LogP contribution in [0.5, 0.6) is 0 Å². The molecule has 0 saturated carbocycles. The van der Waals surface area contributed by atoms with Crippen LogP contribution in [0, 0.1) is 10.8 Å². The van der Waals surface area contributed by atoms with Gasteiger partial charge in [0.1, 0.15) is 17.7 Å². The van der Waals surface area contributed by atoms with Crippen molar-refractivity contribution in [3.8, 4) is 0 Å². The lowest BCUT2D eigenvalue weighted by atomic mass is 10.1. The molecule has 0 aliphatic heterocycles. The van der Waals surface area contributed by atoms with E-state index in [1.807, 2.05) is 10.8 Å². The highest BCUT2D eigenvalue weighted by molar-refractivity contribution is 5.78. The topological polar surface area (TPSA) is 83.3 Å². The minimum atomic E-state index is 0.309. The van der Waals surface area contributed by atoms with Crippen LogP contribution in [0.25, 0.3) is 0 Å². The molecule has 2 N–H and O–H groups in total. The molecule has 0 saturated heterocycles. The van der Waals surface area contributed by atoms with Gasteiger partial charge in [0.15, 0.2) is 0 Å². The molecule has 0 spiro atoms. The maximum atomic E-state index is 8.21. The van der Waals surface area contributed by atoms with Crippen molar-refractivity contribution in [1.82, 2.24) is 19.1 Å². The molecule has 100 valence electrons. The molecule has 0 amide bonds. The van der Waals surface area contributed by atoms with E-state index < -0.39 is 0 Å². The summed E-state index contributed by atoms with van der Waals surface area (Å²) in [6.45, 7) is 4.35. The van der Waals surface area contributed by atoms with Crippen LogP contribution in [0.2, 0.25) is 0 Å². The van der Waals surface area contributed by atoms with Crippen molar-refractivity contribution in [2.24, 2.45) is 0 Å². The largest absolute Gasteiger partial charge is 0.331 e. The van der Waals surface area contributed by atoms with E-state index >= 15 is 0 Å². The Bertz CT molecular complexity index is 623. The second-order valence-electron chi connectivity index (χ2n) is 4.46. The molecule has 6 heteroatoms. The van der Waals surface area contributed by atoms with Gasteiger partial charge in [-0.15, -0.1) is 0 Å². The Morgan fingerprint density at radius 1 is 1.37 bits per heavy atom. The molecule has 2 rings (SSSR count). The summed E-state index contributed by atoms with van der Waals surface area (Å²) in [5, 5.41) is 15.9. The zero-order valence-electron chi connectivity index (χ0n) is 11.2. The van der Waals surface area contributed by atoms with E-state index in [0.717, 1.165) is 24.1 Å². The van der Waals surface area contributed by atoms with E-state index in [9.17, 15) is 0 Å². The summed E-state index contributed by atoms with van der Waals surface area (Å²) in [5.41, 5.74) is 2.15. The smallest absolute Gasteiger partial charge is 0.136 e. The van der Waals surface area contributed by atoms with Gasteiger partial charge in [0.05, 0.1) is 18.6 Å². The van der Waals surface area contributed by atoms with Crippen LogP contribution in [-0.2, 0) is 13.0 Å². The van der Waals surface area contributed by atoms with Crippen molar-refractivity contribution in [3.63, 3.8) is 0 Å². The first-order valence-electron chi connectivity index (χ1n) is 6.28. The number of hydrogen-bond acceptors (Lipinski definition) is 4. The molecule has 0 atom stereocenters. The lowest BCUT2D eigenvalue weighted by molar-refractivity contribution is 0.719. The zero-order chi connectivity index (χ0) is 13.8. The van der Waals surface area contributed by atoms with Gasteiger partial charge in [-0.05, 0) is 13.3 Å². The van der Waals surface area contributed by atoms with E-state index in [4.69, 9.17) is 10.8 Å². The van der Waals surface area contributed by atoms with Crippen molar-refractivity contribution < 1.29 is 0 Å². The Balaban J connectivity index is 2.46. The average molecular weight is 258 g/mol. The summed E-state index contributed by atoms with van der Waals surface area (Å²) in [4.78, 5) is 8.42. The van der Waals surface area contributed by atoms with Crippen LogP contribution < -0.4 is 5.49 Å². The quantitative estimate of drug-likeness (QED) is 0.642. The van der Waals surface area contributed by atoms with Gasteiger partial charge in [0.25, 0.3) is 0 Å². The molecule has 0 unspecified atom stereocenters. The minimum absolute atomic E-state index is 0.309. The van der Waals surface area contributed by atoms with Gasteiger partial charge in [0, 0.05) is 18.0 Å². The maximum absolute atomic E-state index is 8.21. The molecule has 0 aliphatic carbocycles. The van der Waals surface area contributed by atoms with E-state index in [-0.39, 0.29) is 0 Å². The normalized spacial score (nSPS) is 10.6. The maximum Gasteiger partial charge on any atom is 0.136 e. The Kier molecular flexibility index (Phi) is 3.89. The van der Waals surface area contributed by atoms with Crippen LogP contribution in [0.15, 0.2) is 25.0 Å². The minimum Gasteiger partial charge on any atom is -0.331 e. The lowest BCUT2D eigenvalue weighted by Gasteiger charge is -2.12. The van der Waals surface area contributed by atoms with Crippen molar-refractivity contribution in [2.45, 2.75) is 33.2 Å². The fraction of sp³-hybridized carbons (Fsp3) is 0.385. The summed E-state index contributed by atoms with van der Waals surface area (Å²) < 4.78 is 3.44. The van der Waals surface area contributed by atoms with E-state index in [1.54, 1.807) is 25.8 Å². The average Bonchev–Trinajstić information content (AvgIpc) is 2.86. The Labute approximate surface area is 111 Å². The monoisotopic (exact) mass is 258 g/mol. The first-order valence-corrected chi connectivity index (χ1v) is 6.28. The molecule has 0 bridgehead atoms. The number of hydrogen-bond donors (Lipinski definition) is 2. The van der Waals surface area contributed by atoms with Gasteiger partial charge in [-0.25, -0.2) is 9.97 Å². The summed E-state index contributed by atoms with van der Waals surface area (Å²) in [6.07, 6.45) is 8.64. The second-order valence-corrected chi connectivity index (χ2v) is 4.46. The molecule has 0 aliphatic rings. The van der Waals surface area contributed by atoms with E-state index in [2.05, 4.69) is 16.9 Å². The molecule has 0 radical (unpaired) electrons. The first-order chi connectivity index (χ1) is 9.13. The van der Waals surface area contributed by atoms with E-state index in [1.165, 1.54) is 4.57 Å². The van der Waals surface area contributed by atoms with Crippen molar-refractivity contribution in [2.75, 3.05) is 0 Å². The fourth-order valence-corrected chi connectivity index (χ4v) is 2.00. The molecule has 2 aromatic heterocycles. The Morgan fingerprint density at radius 2 is 2.16 bits per heavy atom. The lowest BCUT2D eigenvalue weighted by Crippen LogP contribution is -2.30. The van der Waals surface area contributed by atoms with Crippen molar-refractivity contribution >= 4 is 5.84 Å². The van der Waals surface area contributed by atoms with Crippen molar-refractivity contribution in [1.29, 1.82) is 10.8 Å². The highest BCUT2D eigenvalue weighted by Crippen LogP contribution is 2.06. The summed E-state index contributed by atoms with van der Waals surface area (Å²) in [5.74, 6) is 0.309. The SMILES string of the molecule is CCCc1c(Cn2ccnc2)ncn(C(C)=N)c1=N. The molecule has 2 aromatic rings. The fourth-order valence-electron chi connectivity index (χ4n) is 2.00. The molecule has 19 heavy (non-hydrogen) atoms. The number of rotatable bonds is 4. The van der Waals surface area contributed by atoms with Gasteiger partial charge >= 0.3 is 0 Å². The standard InChI is InChI=1S/C13H18N6/c1-3-4-11-12(7-18-6-5-16-8-18)17-9-19(10(2)14)13(11)15/h5-6,8-9,14-15H,3-4,7H2,1-2H3. The van der Waals surface area contributed by atoms with Gasteiger partial charge in [-0.3, -0.25) is 15.4 Å². The van der Waals surface area contributed by atoms with Crippen LogP contribution in [0.3, 0.4) is 0 Å². The van der Waals surface area contributed by atoms with Gasteiger partial charge in [-0.2, -0.15) is 0 Å². The molecule has 0 aromatic carbocycles. The predicted octanol–water partition coefficient (Wildman–Crippen LogP) is 1.41. The number of imidazole rings is 1. The van der Waals surface area contributed by atoms with E-state index in [0.29, 0.717) is 17.9 Å². The zero-order valence-corrected chi connectivity index (χ0v) is 11.2. The number of nitrogens with zero attached hydrogens (tertiary/aromatic N) is 4. The van der Waals surface area contributed by atoms with Gasteiger partial charge in [-0.1, -0.05) is 13.3 Å². The Hall–Kier alpha value is -2.24. The van der Waals surface area contributed by atoms with Gasteiger partial charge < -0.3 is 4.57 Å². The van der Waals surface area contributed by atoms with Gasteiger partial charge in [0.2, 0.25) is 0 Å². The Morgan fingerprint density at radius 3 is 2.74 bits per heavy atom. The first kappa shape index (κ1) is 13.2. The van der Waals surface area contributed by atoms with Crippen LogP contribution in [-0.4, -0.2) is 24.9 Å². The highest BCUT2D eigenvalue weighted by Gasteiger charge is 2.10. The molecular weight excluding hydrogens is 240 g/mol. The van der Waals surface area contributed by atoms with Crippen LogP contribution in [0.1, 0.15) is 31.5 Å². The van der Waals surface area contributed by atoms with Crippen LogP contribution in [0.4, 0.5) is 0 Å². The predicted molar refractivity (Wildman–Crippen MR) is 72.2 cm³/mol. The molecular formula is C13H18N6. The molecule has 6 nitrogen and oxygen atoms in total. The molecule has 0 fully saturated rings.